The molecule has 2 aromatic rings. The summed E-state index contributed by atoms with van der Waals surface area (Å²) in [6.07, 6.45) is 2.75. The molecule has 0 unspecified atom stereocenters. The van der Waals surface area contributed by atoms with Crippen molar-refractivity contribution in [1.29, 1.82) is 0 Å². The van der Waals surface area contributed by atoms with E-state index in [0.29, 0.717) is 35.5 Å². The van der Waals surface area contributed by atoms with Crippen LogP contribution in [0.3, 0.4) is 0 Å². The van der Waals surface area contributed by atoms with Gasteiger partial charge in [0.2, 0.25) is 5.13 Å². The number of thiazole rings is 1. The van der Waals surface area contributed by atoms with Gasteiger partial charge in [0, 0.05) is 5.38 Å². The molecule has 0 aliphatic rings. The predicted octanol–water partition coefficient (Wildman–Crippen LogP) is 3.49. The van der Waals surface area contributed by atoms with Crippen LogP contribution in [0.4, 0.5) is 5.13 Å². The molecule has 1 aromatic heterocycles. The highest BCUT2D eigenvalue weighted by Gasteiger charge is 2.08. The van der Waals surface area contributed by atoms with Gasteiger partial charge in [0.1, 0.15) is 0 Å². The summed E-state index contributed by atoms with van der Waals surface area (Å²) in [4.78, 5) is 15.7. The number of nitrogens with one attached hydrogen (secondary N) is 1. The van der Waals surface area contributed by atoms with Gasteiger partial charge in [-0.3, -0.25) is 10.2 Å². The second kappa shape index (κ2) is 10.4. The average Bonchev–Trinajstić information content (AvgIpc) is 3.07. The van der Waals surface area contributed by atoms with Gasteiger partial charge < -0.3 is 14.2 Å². The van der Waals surface area contributed by atoms with Crippen molar-refractivity contribution in [3.63, 3.8) is 0 Å². The number of benzene rings is 1. The van der Waals surface area contributed by atoms with Crippen LogP contribution in [0.25, 0.3) is 0 Å². The van der Waals surface area contributed by atoms with Crippen LogP contribution in [0.15, 0.2) is 28.7 Å². The topological polar surface area (TPSA) is 82.0 Å². The Morgan fingerprint density at radius 1 is 1.35 bits per heavy atom. The number of carbonyl (C=O) groups is 1. The number of esters is 1. The number of ether oxygens (including phenoxy) is 3. The lowest BCUT2D eigenvalue weighted by Crippen LogP contribution is -2.07. The zero-order valence-electron chi connectivity index (χ0n) is 15.2. The number of aromatic nitrogens is 1. The normalized spacial score (nSPS) is 10.7. The lowest BCUT2D eigenvalue weighted by Gasteiger charge is -2.10. The van der Waals surface area contributed by atoms with Gasteiger partial charge >= 0.3 is 5.97 Å². The Hall–Kier alpha value is -2.61. The molecule has 0 aliphatic heterocycles. The van der Waals surface area contributed by atoms with E-state index in [4.69, 9.17) is 14.2 Å². The van der Waals surface area contributed by atoms with Crippen LogP contribution in [0.2, 0.25) is 0 Å². The Kier molecular flexibility index (Phi) is 7.88. The van der Waals surface area contributed by atoms with Gasteiger partial charge in [0.25, 0.3) is 0 Å². The van der Waals surface area contributed by atoms with Gasteiger partial charge in [-0.2, -0.15) is 5.10 Å². The summed E-state index contributed by atoms with van der Waals surface area (Å²) in [5.41, 5.74) is 4.39. The van der Waals surface area contributed by atoms with Crippen LogP contribution in [0.1, 0.15) is 31.5 Å². The number of anilines is 1. The fourth-order valence-corrected chi connectivity index (χ4v) is 2.72. The molecule has 2 rings (SSSR count). The quantitative estimate of drug-likeness (QED) is 0.388. The van der Waals surface area contributed by atoms with Crippen LogP contribution >= 0.6 is 11.3 Å². The maximum absolute atomic E-state index is 11.5. The highest BCUT2D eigenvalue weighted by molar-refractivity contribution is 7.13. The first kappa shape index (κ1) is 19.7. The van der Waals surface area contributed by atoms with Crippen molar-refractivity contribution in [2.45, 2.75) is 26.7 Å². The van der Waals surface area contributed by atoms with E-state index >= 15 is 0 Å². The van der Waals surface area contributed by atoms with Crippen molar-refractivity contribution in [1.82, 2.24) is 4.98 Å². The van der Waals surface area contributed by atoms with Gasteiger partial charge in [0.15, 0.2) is 11.5 Å². The van der Waals surface area contributed by atoms with Gasteiger partial charge in [-0.1, -0.05) is 6.92 Å². The van der Waals surface area contributed by atoms with Crippen LogP contribution in [0, 0.1) is 0 Å². The third-order valence-electron chi connectivity index (χ3n) is 3.21. The van der Waals surface area contributed by atoms with Gasteiger partial charge in [-0.15, -0.1) is 11.3 Å². The predicted molar refractivity (Wildman–Crippen MR) is 102 cm³/mol. The molecule has 1 aromatic carbocycles. The number of hydrogen-bond acceptors (Lipinski definition) is 8. The third-order valence-corrected chi connectivity index (χ3v) is 4.00. The fraction of sp³-hybridized carbons (Fsp3) is 0.389. The average molecular weight is 377 g/mol. The molecule has 0 bridgehead atoms. The van der Waals surface area contributed by atoms with E-state index < -0.39 is 0 Å². The van der Waals surface area contributed by atoms with E-state index in [-0.39, 0.29) is 12.4 Å². The van der Waals surface area contributed by atoms with Crippen LogP contribution in [-0.4, -0.2) is 37.5 Å². The molecule has 0 saturated heterocycles. The molecule has 0 radical (unpaired) electrons. The van der Waals surface area contributed by atoms with E-state index in [0.717, 1.165) is 12.0 Å². The number of hydrogen-bond donors (Lipinski definition) is 1. The summed E-state index contributed by atoms with van der Waals surface area (Å²) in [5, 5.41) is 6.59. The minimum Gasteiger partial charge on any atom is -0.493 e. The molecule has 26 heavy (non-hydrogen) atoms. The monoisotopic (exact) mass is 377 g/mol. The zero-order chi connectivity index (χ0) is 18.8. The molecule has 0 fully saturated rings. The summed E-state index contributed by atoms with van der Waals surface area (Å²) in [6.45, 7) is 4.81. The molecule has 0 amide bonds. The second-order valence-corrected chi connectivity index (χ2v) is 6.11. The standard InChI is InChI=1S/C18H23N3O4S/c1-4-8-25-16-9-13(6-7-15(16)23-3)11-19-21-18-20-14(12-26-18)10-17(22)24-5-2/h6-7,9,11-12H,4-5,8,10H2,1-3H3,(H,20,21)/b19-11-. The van der Waals surface area contributed by atoms with Crippen molar-refractivity contribution in [2.75, 3.05) is 25.7 Å². The Morgan fingerprint density at radius 3 is 2.92 bits per heavy atom. The molecule has 7 nitrogen and oxygen atoms in total. The summed E-state index contributed by atoms with van der Waals surface area (Å²) >= 11 is 1.38. The molecule has 0 atom stereocenters. The summed E-state index contributed by atoms with van der Waals surface area (Å²) in [6, 6.07) is 5.59. The third kappa shape index (κ3) is 6.03. The van der Waals surface area contributed by atoms with Crippen molar-refractivity contribution < 1.29 is 19.0 Å². The van der Waals surface area contributed by atoms with Gasteiger partial charge in [0.05, 0.1) is 38.7 Å². The lowest BCUT2D eigenvalue weighted by molar-refractivity contribution is -0.142. The maximum Gasteiger partial charge on any atom is 0.311 e. The number of nitrogens with zero attached hydrogens (tertiary/aromatic N) is 2. The van der Waals surface area contributed by atoms with Crippen molar-refractivity contribution >= 4 is 28.7 Å². The second-order valence-electron chi connectivity index (χ2n) is 5.25. The Morgan fingerprint density at radius 2 is 2.19 bits per heavy atom. The molecule has 140 valence electrons. The largest absolute Gasteiger partial charge is 0.493 e. The Bertz CT molecular complexity index is 746. The lowest BCUT2D eigenvalue weighted by atomic mass is 10.2. The van der Waals surface area contributed by atoms with Crippen molar-refractivity contribution in [3.05, 3.63) is 34.8 Å². The van der Waals surface area contributed by atoms with E-state index in [9.17, 15) is 4.79 Å². The summed E-state index contributed by atoms with van der Waals surface area (Å²) < 4.78 is 15.9. The van der Waals surface area contributed by atoms with Gasteiger partial charge in [-0.25, -0.2) is 4.98 Å². The fourth-order valence-electron chi connectivity index (χ4n) is 2.06. The Labute approximate surface area is 157 Å². The minimum absolute atomic E-state index is 0.159. The van der Waals surface area contributed by atoms with E-state index in [1.807, 2.05) is 25.1 Å². The Balaban J connectivity index is 1.95. The SMILES string of the molecule is CCCOc1cc(/C=N\Nc2nc(CC(=O)OCC)cs2)ccc1OC. The first-order valence-electron chi connectivity index (χ1n) is 8.36. The summed E-state index contributed by atoms with van der Waals surface area (Å²) in [5.74, 6) is 1.09. The van der Waals surface area contributed by atoms with Gasteiger partial charge in [-0.05, 0) is 37.1 Å². The summed E-state index contributed by atoms with van der Waals surface area (Å²) in [7, 11) is 1.61. The molecule has 1 heterocycles. The molecule has 8 heteroatoms. The van der Waals surface area contributed by atoms with Crippen molar-refractivity contribution in [3.8, 4) is 11.5 Å². The number of rotatable bonds is 10. The van der Waals surface area contributed by atoms with Crippen molar-refractivity contribution in [2.24, 2.45) is 5.10 Å². The van der Waals surface area contributed by atoms with Crippen LogP contribution < -0.4 is 14.9 Å². The van der Waals surface area contributed by atoms with E-state index in [1.165, 1.54) is 11.3 Å². The minimum atomic E-state index is -0.286. The molecule has 0 aliphatic carbocycles. The van der Waals surface area contributed by atoms with Crippen LogP contribution in [0.5, 0.6) is 11.5 Å². The van der Waals surface area contributed by atoms with Crippen LogP contribution in [-0.2, 0) is 16.0 Å². The maximum atomic E-state index is 11.5. The number of hydrazone groups is 1. The number of carbonyl (C=O) groups excluding carboxylic acids is 1. The zero-order valence-corrected chi connectivity index (χ0v) is 16.0. The molecular formula is C18H23N3O4S. The highest BCUT2D eigenvalue weighted by Crippen LogP contribution is 2.27. The molecule has 0 saturated carbocycles. The molecule has 1 N–H and O–H groups in total. The molecule has 0 spiro atoms. The first-order valence-corrected chi connectivity index (χ1v) is 9.24. The number of methoxy groups -OCH3 is 1. The smallest absolute Gasteiger partial charge is 0.311 e. The first-order chi connectivity index (χ1) is 12.7. The van der Waals surface area contributed by atoms with E-state index in [2.05, 4.69) is 15.5 Å². The highest BCUT2D eigenvalue weighted by atomic mass is 32.1. The molecular weight excluding hydrogens is 354 g/mol. The van der Waals surface area contributed by atoms with E-state index in [1.54, 1.807) is 25.6 Å².